The fourth-order valence-corrected chi connectivity index (χ4v) is 4.61. The van der Waals surface area contributed by atoms with E-state index in [1.165, 1.54) is 32.7 Å². The van der Waals surface area contributed by atoms with Crippen molar-refractivity contribution in [1.29, 1.82) is 0 Å². The Balaban J connectivity index is 1.78. The number of hydrogen-bond donors (Lipinski definition) is 1. The highest BCUT2D eigenvalue weighted by atomic mass is 32.2. The summed E-state index contributed by atoms with van der Waals surface area (Å²) >= 11 is 1.45. The zero-order valence-corrected chi connectivity index (χ0v) is 14.6. The second kappa shape index (κ2) is 6.60. The van der Waals surface area contributed by atoms with Crippen molar-refractivity contribution >= 4 is 27.3 Å². The summed E-state index contributed by atoms with van der Waals surface area (Å²) < 4.78 is 26.1. The smallest absolute Gasteiger partial charge is 0.254 e. The number of sulfonamides is 1. The number of carbonyl (C=O) groups is 1. The first kappa shape index (κ1) is 17.0. The molecule has 1 fully saturated rings. The molecule has 7 nitrogen and oxygen atoms in total. The van der Waals surface area contributed by atoms with Gasteiger partial charge in [-0.2, -0.15) is 4.31 Å². The number of amides is 1. The molecule has 2 heterocycles. The predicted octanol–water partition coefficient (Wildman–Crippen LogP) is 0.781. The van der Waals surface area contributed by atoms with Gasteiger partial charge in [0.2, 0.25) is 10.0 Å². The van der Waals surface area contributed by atoms with E-state index >= 15 is 0 Å². The number of aliphatic hydroxyl groups is 1. The van der Waals surface area contributed by atoms with E-state index in [0.717, 1.165) is 5.01 Å². The topological polar surface area (TPSA) is 90.8 Å². The molecule has 3 rings (SSSR count). The van der Waals surface area contributed by atoms with E-state index in [2.05, 4.69) is 4.98 Å². The minimum absolute atomic E-state index is 0.0582. The Kier molecular flexibility index (Phi) is 4.68. The number of benzene rings is 1. The fourth-order valence-electron chi connectivity index (χ4n) is 2.38. The Morgan fingerprint density at radius 3 is 2.83 bits per heavy atom. The fraction of sp³-hybridized carbons (Fsp3) is 0.333. The number of rotatable bonds is 5. The van der Waals surface area contributed by atoms with Crippen LogP contribution in [0.25, 0.3) is 0 Å². The highest BCUT2D eigenvalue weighted by molar-refractivity contribution is 7.89. The molecule has 0 radical (unpaired) electrons. The van der Waals surface area contributed by atoms with Gasteiger partial charge in [-0.1, -0.05) is 6.07 Å². The number of aliphatic hydroxyl groups excluding tert-OH is 1. The lowest BCUT2D eigenvalue weighted by Crippen LogP contribution is -2.53. The predicted molar refractivity (Wildman–Crippen MR) is 89.1 cm³/mol. The maximum Gasteiger partial charge on any atom is 0.254 e. The van der Waals surface area contributed by atoms with Crippen molar-refractivity contribution in [2.45, 2.75) is 17.5 Å². The second-order valence-corrected chi connectivity index (χ2v) is 8.51. The summed E-state index contributed by atoms with van der Waals surface area (Å²) in [5, 5.41) is 11.9. The van der Waals surface area contributed by atoms with Gasteiger partial charge in [0.25, 0.3) is 5.91 Å². The summed E-state index contributed by atoms with van der Waals surface area (Å²) in [5.74, 6) is -0.272. The minimum Gasteiger partial charge on any atom is -0.390 e. The summed E-state index contributed by atoms with van der Waals surface area (Å²) in [6.45, 7) is 0.542. The van der Waals surface area contributed by atoms with Crippen LogP contribution < -0.4 is 0 Å². The van der Waals surface area contributed by atoms with Gasteiger partial charge < -0.3 is 10.0 Å². The standard InChI is InChI=1S/C15H17N3O4S2/c1-17(10-14-16-5-6-23-14)15(20)11-3-2-4-13(7-11)24(21,22)18-8-12(19)9-18/h2-7,12,19H,8-10H2,1H3. The molecule has 128 valence electrons. The van der Waals surface area contributed by atoms with Gasteiger partial charge in [-0.25, -0.2) is 13.4 Å². The molecule has 1 aromatic heterocycles. The molecule has 1 aliphatic heterocycles. The van der Waals surface area contributed by atoms with Gasteiger partial charge in [0.1, 0.15) is 5.01 Å². The third-order valence-corrected chi connectivity index (χ3v) is 6.34. The lowest BCUT2D eigenvalue weighted by atomic mass is 10.2. The van der Waals surface area contributed by atoms with Gasteiger partial charge in [-0.05, 0) is 18.2 Å². The number of thiazole rings is 1. The van der Waals surface area contributed by atoms with Gasteiger partial charge in [-0.3, -0.25) is 4.79 Å². The van der Waals surface area contributed by atoms with Crippen molar-refractivity contribution in [3.8, 4) is 0 Å². The summed E-state index contributed by atoms with van der Waals surface area (Å²) in [6.07, 6.45) is 1.06. The summed E-state index contributed by atoms with van der Waals surface area (Å²) in [4.78, 5) is 18.2. The van der Waals surface area contributed by atoms with Crippen LogP contribution in [0.5, 0.6) is 0 Å². The van der Waals surface area contributed by atoms with Crippen LogP contribution in [0.2, 0.25) is 0 Å². The molecule has 0 bridgehead atoms. The van der Waals surface area contributed by atoms with Crippen LogP contribution in [-0.4, -0.2) is 59.9 Å². The van der Waals surface area contributed by atoms with Gasteiger partial charge in [0.05, 0.1) is 17.5 Å². The average molecular weight is 367 g/mol. The van der Waals surface area contributed by atoms with E-state index in [1.807, 2.05) is 5.38 Å². The Morgan fingerprint density at radius 2 is 2.21 bits per heavy atom. The number of carbonyl (C=O) groups excluding carboxylic acids is 1. The Hall–Kier alpha value is -1.81. The van der Waals surface area contributed by atoms with Crippen molar-refractivity contribution in [1.82, 2.24) is 14.2 Å². The minimum atomic E-state index is -3.67. The summed E-state index contributed by atoms with van der Waals surface area (Å²) in [7, 11) is -2.03. The average Bonchev–Trinajstić information content (AvgIpc) is 3.04. The lowest BCUT2D eigenvalue weighted by Gasteiger charge is -2.34. The van der Waals surface area contributed by atoms with Crippen LogP contribution in [0, 0.1) is 0 Å². The quantitative estimate of drug-likeness (QED) is 0.843. The molecule has 1 N–H and O–H groups in total. The first-order valence-corrected chi connectivity index (χ1v) is 9.62. The van der Waals surface area contributed by atoms with Gasteiger partial charge in [0, 0.05) is 37.3 Å². The molecule has 0 spiro atoms. The van der Waals surface area contributed by atoms with Crippen LogP contribution in [0.4, 0.5) is 0 Å². The third-order valence-electron chi connectivity index (χ3n) is 3.75. The van der Waals surface area contributed by atoms with Gasteiger partial charge in [-0.15, -0.1) is 11.3 Å². The van der Waals surface area contributed by atoms with Crippen LogP contribution in [0.1, 0.15) is 15.4 Å². The third kappa shape index (κ3) is 3.34. The van der Waals surface area contributed by atoms with Crippen LogP contribution in [0.15, 0.2) is 40.7 Å². The van der Waals surface area contributed by atoms with Crippen molar-refractivity contribution in [3.63, 3.8) is 0 Å². The molecule has 0 atom stereocenters. The van der Waals surface area contributed by atoms with Crippen molar-refractivity contribution in [2.24, 2.45) is 0 Å². The molecular formula is C15H17N3O4S2. The maximum atomic E-state index is 12.5. The van der Waals surface area contributed by atoms with E-state index in [0.29, 0.717) is 12.1 Å². The molecular weight excluding hydrogens is 350 g/mol. The molecule has 1 amide bonds. The zero-order valence-electron chi connectivity index (χ0n) is 13.0. The number of nitrogens with zero attached hydrogens (tertiary/aromatic N) is 3. The molecule has 1 aromatic carbocycles. The van der Waals surface area contributed by atoms with Crippen LogP contribution >= 0.6 is 11.3 Å². The first-order valence-electron chi connectivity index (χ1n) is 7.30. The molecule has 1 aliphatic rings. The largest absolute Gasteiger partial charge is 0.390 e. The van der Waals surface area contributed by atoms with Crippen molar-refractivity contribution in [2.75, 3.05) is 20.1 Å². The number of hydrogen-bond acceptors (Lipinski definition) is 6. The first-order chi connectivity index (χ1) is 11.4. The highest BCUT2D eigenvalue weighted by Crippen LogP contribution is 2.23. The number of aromatic nitrogens is 1. The molecule has 0 unspecified atom stereocenters. The van der Waals surface area contributed by atoms with E-state index in [9.17, 15) is 18.3 Å². The van der Waals surface area contributed by atoms with E-state index < -0.39 is 16.1 Å². The normalized spacial score (nSPS) is 15.9. The zero-order chi connectivity index (χ0) is 17.3. The maximum absolute atomic E-state index is 12.5. The summed E-state index contributed by atoms with van der Waals surface area (Å²) in [5.41, 5.74) is 0.302. The monoisotopic (exact) mass is 367 g/mol. The van der Waals surface area contributed by atoms with E-state index in [1.54, 1.807) is 25.4 Å². The van der Waals surface area contributed by atoms with Crippen LogP contribution in [-0.2, 0) is 16.6 Å². The van der Waals surface area contributed by atoms with E-state index in [-0.39, 0.29) is 23.9 Å². The lowest BCUT2D eigenvalue weighted by molar-refractivity contribution is 0.0547. The van der Waals surface area contributed by atoms with Crippen molar-refractivity contribution in [3.05, 3.63) is 46.4 Å². The van der Waals surface area contributed by atoms with E-state index in [4.69, 9.17) is 0 Å². The Bertz CT molecular complexity index is 830. The molecule has 0 aliphatic carbocycles. The van der Waals surface area contributed by atoms with Crippen LogP contribution in [0.3, 0.4) is 0 Å². The van der Waals surface area contributed by atoms with Crippen molar-refractivity contribution < 1.29 is 18.3 Å². The summed E-state index contributed by atoms with van der Waals surface area (Å²) in [6, 6.07) is 5.97. The highest BCUT2D eigenvalue weighted by Gasteiger charge is 2.35. The Labute approximate surface area is 144 Å². The molecule has 0 saturated carbocycles. The Morgan fingerprint density at radius 1 is 1.46 bits per heavy atom. The molecule has 2 aromatic rings. The molecule has 24 heavy (non-hydrogen) atoms. The van der Waals surface area contributed by atoms with Gasteiger partial charge >= 0.3 is 0 Å². The SMILES string of the molecule is CN(Cc1nccs1)C(=O)c1cccc(S(=O)(=O)N2CC(O)C2)c1. The molecule has 1 saturated heterocycles. The van der Waals surface area contributed by atoms with Gasteiger partial charge in [0.15, 0.2) is 0 Å². The molecule has 9 heteroatoms. The second-order valence-electron chi connectivity index (χ2n) is 5.59. The number of β-amino-alcohol motifs (C(OH)–C–C–N with tert-alkyl or cyclic N) is 1.